The van der Waals surface area contributed by atoms with Crippen LogP contribution in [0.25, 0.3) is 0 Å². The van der Waals surface area contributed by atoms with Crippen LogP contribution in [0.5, 0.6) is 0 Å². The average Bonchev–Trinajstić information content (AvgIpc) is 2.58. The van der Waals surface area contributed by atoms with Crippen LogP contribution in [0.2, 0.25) is 0 Å². The van der Waals surface area contributed by atoms with Crippen molar-refractivity contribution in [1.29, 1.82) is 0 Å². The van der Waals surface area contributed by atoms with E-state index in [4.69, 9.17) is 0 Å². The first kappa shape index (κ1) is 20.3. The molecule has 0 bridgehead atoms. The second-order valence-corrected chi connectivity index (χ2v) is 6.14. The molecule has 5 nitrogen and oxygen atoms in total. The highest BCUT2D eigenvalue weighted by molar-refractivity contribution is 5.85. The number of hydrogen-bond donors (Lipinski definition) is 3. The molecule has 0 heterocycles. The van der Waals surface area contributed by atoms with Gasteiger partial charge in [-0.2, -0.15) is 13.2 Å². The topological polar surface area (TPSA) is 70.2 Å². The molecule has 0 saturated heterocycles. The monoisotopic (exact) mass is 379 g/mol. The predicted octanol–water partition coefficient (Wildman–Crippen LogP) is 3.12. The molecule has 8 heteroatoms. The molecular weight excluding hydrogens is 359 g/mol. The number of hydrazine groups is 1. The Kier molecular flexibility index (Phi) is 6.44. The normalized spacial score (nSPS) is 11.0. The summed E-state index contributed by atoms with van der Waals surface area (Å²) in [6.07, 6.45) is -4.75. The van der Waals surface area contributed by atoms with Gasteiger partial charge in [-0.25, -0.2) is 0 Å². The van der Waals surface area contributed by atoms with Gasteiger partial charge < -0.3 is 5.32 Å². The highest BCUT2D eigenvalue weighted by Gasteiger charge is 2.30. The fraction of sp³-hybridized carbons (Fsp3) is 0.263. The molecule has 0 aliphatic rings. The third-order valence-corrected chi connectivity index (χ3v) is 3.78. The van der Waals surface area contributed by atoms with Gasteiger partial charge in [0.1, 0.15) is 0 Å². The molecule has 0 unspecified atom stereocenters. The third kappa shape index (κ3) is 6.32. The molecule has 27 heavy (non-hydrogen) atoms. The molecule has 2 amide bonds. The van der Waals surface area contributed by atoms with Crippen LogP contribution in [-0.4, -0.2) is 18.4 Å². The van der Waals surface area contributed by atoms with Crippen LogP contribution >= 0.6 is 0 Å². The van der Waals surface area contributed by atoms with Crippen LogP contribution in [-0.2, 0) is 22.2 Å². The molecule has 0 aliphatic heterocycles. The lowest BCUT2D eigenvalue weighted by atomic mass is 10.1. The Morgan fingerprint density at radius 1 is 0.963 bits per heavy atom. The van der Waals surface area contributed by atoms with Crippen LogP contribution in [0, 0.1) is 13.8 Å². The summed E-state index contributed by atoms with van der Waals surface area (Å²) in [7, 11) is 0. The quantitative estimate of drug-likeness (QED) is 0.699. The number of rotatable bonds is 5. The molecule has 0 saturated carbocycles. The van der Waals surface area contributed by atoms with Crippen LogP contribution in [0.1, 0.15) is 22.3 Å². The molecule has 2 aromatic rings. The Morgan fingerprint density at radius 2 is 1.67 bits per heavy atom. The van der Waals surface area contributed by atoms with E-state index in [1.807, 2.05) is 32.0 Å². The van der Waals surface area contributed by atoms with Crippen LogP contribution in [0.15, 0.2) is 42.5 Å². The smallest absolute Gasteiger partial charge is 0.376 e. The van der Waals surface area contributed by atoms with Gasteiger partial charge in [0.2, 0.25) is 5.91 Å². The maximum Gasteiger partial charge on any atom is 0.416 e. The fourth-order valence-corrected chi connectivity index (χ4v) is 2.46. The summed E-state index contributed by atoms with van der Waals surface area (Å²) >= 11 is 0. The zero-order valence-corrected chi connectivity index (χ0v) is 14.9. The first-order valence-electron chi connectivity index (χ1n) is 8.20. The number of nitrogens with one attached hydrogen (secondary N) is 3. The standard InChI is InChI=1S/C19H20F3N3O2/c1-12-6-7-16(13(2)8-12)23-11-18(27)25-24-17(26)10-14-4-3-5-15(9-14)19(20,21)22/h3-9,23H,10-11H2,1-2H3,(H,24,26)(H,25,27). The molecule has 2 rings (SSSR count). The van der Waals surface area contributed by atoms with Crippen molar-refractivity contribution in [3.05, 3.63) is 64.7 Å². The van der Waals surface area contributed by atoms with Crippen molar-refractivity contribution >= 4 is 17.5 Å². The van der Waals surface area contributed by atoms with Crippen molar-refractivity contribution in [2.75, 3.05) is 11.9 Å². The molecule has 2 aromatic carbocycles. The summed E-state index contributed by atoms with van der Waals surface area (Å²) in [4.78, 5) is 23.6. The zero-order chi connectivity index (χ0) is 20.0. The number of carbonyl (C=O) groups excluding carboxylic acids is 2. The van der Waals surface area contributed by atoms with E-state index in [1.165, 1.54) is 12.1 Å². The van der Waals surface area contributed by atoms with Gasteiger partial charge in [0.15, 0.2) is 0 Å². The number of benzene rings is 2. The molecule has 0 aromatic heterocycles. The lowest BCUT2D eigenvalue weighted by Crippen LogP contribution is -2.44. The molecule has 0 aliphatic carbocycles. The predicted molar refractivity (Wildman–Crippen MR) is 95.8 cm³/mol. The van der Waals surface area contributed by atoms with E-state index >= 15 is 0 Å². The van der Waals surface area contributed by atoms with Gasteiger partial charge in [-0.1, -0.05) is 35.9 Å². The van der Waals surface area contributed by atoms with Crippen molar-refractivity contribution in [3.8, 4) is 0 Å². The molecule has 0 fully saturated rings. The lowest BCUT2D eigenvalue weighted by molar-refractivity contribution is -0.137. The van der Waals surface area contributed by atoms with Gasteiger partial charge in [0.25, 0.3) is 5.91 Å². The van der Waals surface area contributed by atoms with E-state index in [-0.39, 0.29) is 18.5 Å². The van der Waals surface area contributed by atoms with Crippen molar-refractivity contribution in [1.82, 2.24) is 10.9 Å². The molecule has 0 spiro atoms. The van der Waals surface area contributed by atoms with Crippen LogP contribution in [0.4, 0.5) is 18.9 Å². The third-order valence-electron chi connectivity index (χ3n) is 3.78. The van der Waals surface area contributed by atoms with Crippen molar-refractivity contribution in [3.63, 3.8) is 0 Å². The van der Waals surface area contributed by atoms with Crippen LogP contribution in [0.3, 0.4) is 0 Å². The number of alkyl halides is 3. The van der Waals surface area contributed by atoms with Gasteiger partial charge in [0, 0.05) is 5.69 Å². The number of carbonyl (C=O) groups is 2. The van der Waals surface area contributed by atoms with Gasteiger partial charge >= 0.3 is 6.18 Å². The Balaban J connectivity index is 1.80. The maximum absolute atomic E-state index is 12.7. The Hall–Kier alpha value is -3.03. The van der Waals surface area contributed by atoms with E-state index in [9.17, 15) is 22.8 Å². The van der Waals surface area contributed by atoms with E-state index in [0.717, 1.165) is 28.9 Å². The summed E-state index contributed by atoms with van der Waals surface area (Å²) in [5.41, 5.74) is 6.67. The van der Waals surface area contributed by atoms with E-state index in [1.54, 1.807) is 0 Å². The van der Waals surface area contributed by atoms with E-state index in [0.29, 0.717) is 0 Å². The van der Waals surface area contributed by atoms with Gasteiger partial charge in [-0.05, 0) is 37.1 Å². The van der Waals surface area contributed by atoms with Crippen molar-refractivity contribution < 1.29 is 22.8 Å². The largest absolute Gasteiger partial charge is 0.416 e. The number of hydrogen-bond acceptors (Lipinski definition) is 3. The average molecular weight is 379 g/mol. The highest BCUT2D eigenvalue weighted by Crippen LogP contribution is 2.29. The van der Waals surface area contributed by atoms with Crippen molar-refractivity contribution in [2.24, 2.45) is 0 Å². The van der Waals surface area contributed by atoms with Gasteiger partial charge in [0.05, 0.1) is 18.5 Å². The molecule has 0 atom stereocenters. The summed E-state index contributed by atoms with van der Waals surface area (Å²) < 4.78 is 38.0. The molecular formula is C19H20F3N3O2. The Morgan fingerprint density at radius 3 is 2.33 bits per heavy atom. The summed E-state index contributed by atoms with van der Waals surface area (Å²) in [6.45, 7) is 3.81. The van der Waals surface area contributed by atoms with Crippen LogP contribution < -0.4 is 16.2 Å². The summed E-state index contributed by atoms with van der Waals surface area (Å²) in [6, 6.07) is 10.2. The number of aryl methyl sites for hydroxylation is 2. The SMILES string of the molecule is Cc1ccc(NCC(=O)NNC(=O)Cc2cccc(C(F)(F)F)c2)c(C)c1. The summed E-state index contributed by atoms with van der Waals surface area (Å²) in [5, 5.41) is 2.95. The second-order valence-electron chi connectivity index (χ2n) is 6.14. The minimum Gasteiger partial charge on any atom is -0.376 e. The fourth-order valence-electron chi connectivity index (χ4n) is 2.46. The second kappa shape index (κ2) is 8.57. The maximum atomic E-state index is 12.7. The van der Waals surface area contributed by atoms with E-state index < -0.39 is 23.6 Å². The Bertz CT molecular complexity index is 835. The highest BCUT2D eigenvalue weighted by atomic mass is 19.4. The minimum atomic E-state index is -4.47. The molecule has 3 N–H and O–H groups in total. The minimum absolute atomic E-state index is 0.0618. The zero-order valence-electron chi connectivity index (χ0n) is 14.9. The molecule has 0 radical (unpaired) electrons. The molecule has 144 valence electrons. The van der Waals surface area contributed by atoms with Gasteiger partial charge in [-0.15, -0.1) is 0 Å². The number of halogens is 3. The van der Waals surface area contributed by atoms with Crippen molar-refractivity contribution in [2.45, 2.75) is 26.4 Å². The number of anilines is 1. The summed E-state index contributed by atoms with van der Waals surface area (Å²) in [5.74, 6) is -1.10. The van der Waals surface area contributed by atoms with E-state index in [2.05, 4.69) is 16.2 Å². The first-order valence-corrected chi connectivity index (χ1v) is 8.20. The first-order chi connectivity index (χ1) is 12.6. The van der Waals surface area contributed by atoms with Gasteiger partial charge in [-0.3, -0.25) is 20.4 Å². The number of amides is 2. The Labute approximate surface area is 154 Å². The lowest BCUT2D eigenvalue weighted by Gasteiger charge is -2.12.